The van der Waals surface area contributed by atoms with Crippen LogP contribution in [-0.4, -0.2) is 41.7 Å². The van der Waals surface area contributed by atoms with Crippen LogP contribution in [0.15, 0.2) is 30.3 Å². The van der Waals surface area contributed by atoms with Crippen molar-refractivity contribution in [3.63, 3.8) is 0 Å². The summed E-state index contributed by atoms with van der Waals surface area (Å²) in [6, 6.07) is 7.97. The van der Waals surface area contributed by atoms with Gasteiger partial charge in [-0.2, -0.15) is 0 Å². The Balaban J connectivity index is 2.61. The molecule has 0 radical (unpaired) electrons. The van der Waals surface area contributed by atoms with Crippen molar-refractivity contribution in [3.05, 3.63) is 35.9 Å². The first-order valence-corrected chi connectivity index (χ1v) is 12.8. The van der Waals surface area contributed by atoms with Gasteiger partial charge in [-0.3, -0.25) is 4.79 Å². The van der Waals surface area contributed by atoms with E-state index in [0.717, 1.165) is 5.56 Å². The van der Waals surface area contributed by atoms with Crippen molar-refractivity contribution >= 4 is 24.1 Å². The van der Waals surface area contributed by atoms with E-state index in [-0.39, 0.29) is 36.8 Å². The van der Waals surface area contributed by atoms with E-state index in [9.17, 15) is 19.2 Å². The van der Waals surface area contributed by atoms with Gasteiger partial charge in [-0.15, -0.1) is 5.48 Å². The Morgan fingerprint density at radius 3 is 2.16 bits per heavy atom. The van der Waals surface area contributed by atoms with Crippen molar-refractivity contribution in [2.45, 2.75) is 98.4 Å². The molecule has 0 saturated carbocycles. The van der Waals surface area contributed by atoms with Gasteiger partial charge in [0.05, 0.1) is 0 Å². The number of nitrogens with one attached hydrogen (secondary N) is 3. The summed E-state index contributed by atoms with van der Waals surface area (Å²) in [6.07, 6.45) is -0.00408. The lowest BCUT2D eigenvalue weighted by atomic mass is 9.96. The maximum absolute atomic E-state index is 13.1. The fraction of sp³-hybridized carbons (Fsp3) is 0.630. The van der Waals surface area contributed by atoms with E-state index in [0.29, 0.717) is 19.3 Å². The Hall–Kier alpha value is -3.30. The second kappa shape index (κ2) is 15.7. The van der Waals surface area contributed by atoms with E-state index in [1.807, 2.05) is 51.4 Å². The average Bonchev–Trinajstić information content (AvgIpc) is 2.81. The maximum atomic E-state index is 13.1. The molecule has 0 spiro atoms. The van der Waals surface area contributed by atoms with Gasteiger partial charge in [0.15, 0.2) is 0 Å². The molecule has 10 heteroatoms. The number of hydrogen-bond acceptors (Lipinski definition) is 7. The van der Waals surface area contributed by atoms with E-state index in [2.05, 4.69) is 10.6 Å². The number of alkyl carbamates (subject to hydrolysis) is 1. The van der Waals surface area contributed by atoms with Crippen LogP contribution in [-0.2, 0) is 30.5 Å². The van der Waals surface area contributed by atoms with Crippen molar-refractivity contribution in [1.82, 2.24) is 16.1 Å². The third-order valence-corrected chi connectivity index (χ3v) is 5.43. The van der Waals surface area contributed by atoms with Crippen molar-refractivity contribution in [2.24, 2.45) is 11.8 Å². The standard InChI is InChI=1S/C27H43N3O7/c1-8-19(4)23(29-25(33)36-27(5,6)7)24(32)28-21(16-18(2)3)14-15-22(31)37-30-26(34)35-17-20-12-10-9-11-13-20/h9-13,18-19,21,23H,8,14-17H2,1-7H3,(H,28,32)(H,29,33)(H,30,34)/t19-,21-,23-/m0/s1. The highest BCUT2D eigenvalue weighted by Crippen LogP contribution is 2.15. The largest absolute Gasteiger partial charge is 0.444 e. The topological polar surface area (TPSA) is 132 Å². The lowest BCUT2D eigenvalue weighted by Crippen LogP contribution is -2.53. The normalized spacial score (nSPS) is 13.6. The van der Waals surface area contributed by atoms with E-state index in [1.54, 1.807) is 32.9 Å². The minimum Gasteiger partial charge on any atom is -0.444 e. The minimum absolute atomic E-state index is 0.0376. The van der Waals surface area contributed by atoms with E-state index >= 15 is 0 Å². The monoisotopic (exact) mass is 521 g/mol. The molecule has 0 bridgehead atoms. The predicted octanol–water partition coefficient (Wildman–Crippen LogP) is 4.62. The van der Waals surface area contributed by atoms with Crippen LogP contribution in [0, 0.1) is 11.8 Å². The lowest BCUT2D eigenvalue weighted by molar-refractivity contribution is -0.150. The molecule has 0 fully saturated rings. The first-order valence-electron chi connectivity index (χ1n) is 12.8. The van der Waals surface area contributed by atoms with Gasteiger partial charge in [-0.25, -0.2) is 14.4 Å². The summed E-state index contributed by atoms with van der Waals surface area (Å²) in [5.74, 6) is -0.900. The van der Waals surface area contributed by atoms with Crippen LogP contribution < -0.4 is 16.1 Å². The number of ether oxygens (including phenoxy) is 2. The van der Waals surface area contributed by atoms with Crippen LogP contribution in [0.2, 0.25) is 0 Å². The zero-order valence-electron chi connectivity index (χ0n) is 23.1. The zero-order valence-corrected chi connectivity index (χ0v) is 23.1. The molecule has 10 nitrogen and oxygen atoms in total. The number of hydrogen-bond donors (Lipinski definition) is 3. The summed E-state index contributed by atoms with van der Waals surface area (Å²) in [7, 11) is 0. The van der Waals surface area contributed by atoms with Crippen LogP contribution >= 0.6 is 0 Å². The average molecular weight is 522 g/mol. The summed E-state index contributed by atoms with van der Waals surface area (Å²) in [6.45, 7) is 13.1. The lowest BCUT2D eigenvalue weighted by Gasteiger charge is -2.28. The smallest absolute Gasteiger partial charge is 0.441 e. The fourth-order valence-electron chi connectivity index (χ4n) is 3.44. The van der Waals surface area contributed by atoms with Crippen molar-refractivity contribution in [1.29, 1.82) is 0 Å². The van der Waals surface area contributed by atoms with E-state index in [4.69, 9.17) is 14.3 Å². The summed E-state index contributed by atoms with van der Waals surface area (Å²) >= 11 is 0. The minimum atomic E-state index is -0.881. The van der Waals surface area contributed by atoms with Crippen LogP contribution in [0.4, 0.5) is 9.59 Å². The van der Waals surface area contributed by atoms with Crippen LogP contribution in [0.3, 0.4) is 0 Å². The SMILES string of the molecule is CC[C@H](C)[C@H](NC(=O)OC(C)(C)C)C(=O)N[C@@H](CCC(=O)ONC(=O)OCc1ccccc1)CC(C)C. The second-order valence-corrected chi connectivity index (χ2v) is 10.5. The van der Waals surface area contributed by atoms with Crippen molar-refractivity contribution < 1.29 is 33.5 Å². The Kier molecular flexibility index (Phi) is 13.5. The molecule has 3 N–H and O–H groups in total. The van der Waals surface area contributed by atoms with Gasteiger partial charge in [0, 0.05) is 12.5 Å². The first-order chi connectivity index (χ1) is 17.3. The maximum Gasteiger partial charge on any atom is 0.441 e. The number of benzene rings is 1. The first kappa shape index (κ1) is 31.7. The Bertz CT molecular complexity index is 869. The predicted molar refractivity (Wildman–Crippen MR) is 139 cm³/mol. The number of carbonyl (C=O) groups is 4. The molecule has 3 amide bonds. The molecule has 0 aliphatic carbocycles. The highest BCUT2D eigenvalue weighted by Gasteiger charge is 2.30. The molecule has 1 aromatic carbocycles. The Labute approximate surface area is 220 Å². The molecule has 0 saturated heterocycles. The molecular formula is C27H43N3O7. The van der Waals surface area contributed by atoms with Crippen LogP contribution in [0.5, 0.6) is 0 Å². The molecule has 208 valence electrons. The molecule has 3 atom stereocenters. The highest BCUT2D eigenvalue weighted by atomic mass is 16.7. The van der Waals surface area contributed by atoms with Gasteiger partial charge in [-0.1, -0.05) is 64.4 Å². The molecule has 0 aliphatic heterocycles. The summed E-state index contributed by atoms with van der Waals surface area (Å²) in [4.78, 5) is 54.2. The van der Waals surface area contributed by atoms with E-state index < -0.39 is 29.8 Å². The van der Waals surface area contributed by atoms with Gasteiger partial charge < -0.3 is 24.9 Å². The fourth-order valence-corrected chi connectivity index (χ4v) is 3.44. The van der Waals surface area contributed by atoms with Crippen molar-refractivity contribution in [2.75, 3.05) is 0 Å². The number of carbonyl (C=O) groups excluding carboxylic acids is 4. The molecule has 37 heavy (non-hydrogen) atoms. The van der Waals surface area contributed by atoms with Gasteiger partial charge in [-0.05, 0) is 51.0 Å². The van der Waals surface area contributed by atoms with E-state index in [1.165, 1.54) is 0 Å². The van der Waals surface area contributed by atoms with Gasteiger partial charge in [0.2, 0.25) is 5.91 Å². The molecule has 0 aromatic heterocycles. The van der Waals surface area contributed by atoms with Crippen LogP contribution in [0.1, 0.15) is 79.7 Å². The molecule has 0 heterocycles. The summed E-state index contributed by atoms with van der Waals surface area (Å²) in [5.41, 5.74) is 2.09. The molecule has 0 unspecified atom stereocenters. The van der Waals surface area contributed by atoms with Gasteiger partial charge in [0.25, 0.3) is 0 Å². The van der Waals surface area contributed by atoms with Gasteiger partial charge >= 0.3 is 18.2 Å². The highest BCUT2D eigenvalue weighted by molar-refractivity contribution is 5.86. The number of rotatable bonds is 12. The quantitative estimate of drug-likeness (QED) is 0.270. The van der Waals surface area contributed by atoms with Crippen LogP contribution in [0.25, 0.3) is 0 Å². The molecule has 1 rings (SSSR count). The number of hydroxylamine groups is 1. The van der Waals surface area contributed by atoms with Gasteiger partial charge in [0.1, 0.15) is 18.2 Å². The van der Waals surface area contributed by atoms with Crippen molar-refractivity contribution in [3.8, 4) is 0 Å². The molecule has 1 aromatic rings. The summed E-state index contributed by atoms with van der Waals surface area (Å²) < 4.78 is 10.3. The molecule has 0 aliphatic rings. The third kappa shape index (κ3) is 14.1. The molecular weight excluding hydrogens is 478 g/mol. The Morgan fingerprint density at radius 2 is 1.59 bits per heavy atom. The Morgan fingerprint density at radius 1 is 0.946 bits per heavy atom. The zero-order chi connectivity index (χ0) is 28.0. The second-order valence-electron chi connectivity index (χ2n) is 10.5. The third-order valence-electron chi connectivity index (χ3n) is 5.43. The number of amides is 3. The summed E-state index contributed by atoms with van der Waals surface area (Å²) in [5, 5.41) is 5.64.